The van der Waals surface area contributed by atoms with Gasteiger partial charge in [-0.05, 0) is 31.9 Å². The van der Waals surface area contributed by atoms with Gasteiger partial charge >= 0.3 is 0 Å². The molecule has 1 aromatic heterocycles. The molecule has 3 rings (SSSR count). The Kier molecular flexibility index (Phi) is 2.99. The second kappa shape index (κ2) is 4.54. The molecule has 0 saturated heterocycles. The first-order chi connectivity index (χ1) is 9.19. The smallest absolute Gasteiger partial charge is 0.125 e. The number of halogens is 1. The number of fused-ring (bicyclic) bond motifs is 1. The zero-order chi connectivity index (χ0) is 13.5. The Bertz CT molecular complexity index is 660. The number of nitriles is 1. The largest absolute Gasteiger partial charge is 0.321 e. The van der Waals surface area contributed by atoms with Crippen LogP contribution in [-0.4, -0.2) is 9.55 Å². The summed E-state index contributed by atoms with van der Waals surface area (Å²) in [4.78, 5) is 4.60. The van der Waals surface area contributed by atoms with Crippen LogP contribution in [0.1, 0.15) is 44.0 Å². The molecular formula is C15H16ClN3. The molecule has 0 N–H and O–H groups in total. The molecule has 3 nitrogen and oxygen atoms in total. The summed E-state index contributed by atoms with van der Waals surface area (Å²) in [5, 5.41) is 9.21. The fourth-order valence-corrected chi connectivity index (χ4v) is 3.47. The maximum atomic E-state index is 9.21. The van der Waals surface area contributed by atoms with Gasteiger partial charge in [0.25, 0.3) is 0 Å². The van der Waals surface area contributed by atoms with Gasteiger partial charge in [0.1, 0.15) is 17.4 Å². The third kappa shape index (κ3) is 1.82. The van der Waals surface area contributed by atoms with Gasteiger partial charge in [-0.3, -0.25) is 0 Å². The van der Waals surface area contributed by atoms with Crippen molar-refractivity contribution in [2.45, 2.75) is 44.0 Å². The number of alkyl halides is 1. The van der Waals surface area contributed by atoms with Crippen LogP contribution in [0.4, 0.5) is 0 Å². The number of aromatic nitrogens is 2. The predicted octanol–water partition coefficient (Wildman–Crippen LogP) is 3.94. The molecule has 0 aliphatic heterocycles. The summed E-state index contributed by atoms with van der Waals surface area (Å²) in [5.74, 6) is 1.26. The molecule has 0 unspecified atom stereocenters. The molecule has 0 atom stereocenters. The van der Waals surface area contributed by atoms with Gasteiger partial charge in [-0.2, -0.15) is 5.26 Å². The van der Waals surface area contributed by atoms with Crippen LogP contribution in [0.2, 0.25) is 0 Å². The number of rotatable bonds is 2. The van der Waals surface area contributed by atoms with Crippen LogP contribution in [0.3, 0.4) is 0 Å². The minimum Gasteiger partial charge on any atom is -0.321 e. The molecule has 1 fully saturated rings. The van der Waals surface area contributed by atoms with E-state index in [0.29, 0.717) is 11.4 Å². The normalized spacial score (nSPS) is 17.7. The minimum atomic E-state index is 0.0903. The Morgan fingerprint density at radius 2 is 2.16 bits per heavy atom. The first-order valence-electron chi connectivity index (χ1n) is 6.66. The Labute approximate surface area is 117 Å². The summed E-state index contributed by atoms with van der Waals surface area (Å²) in [6.45, 7) is 2.27. The van der Waals surface area contributed by atoms with E-state index in [4.69, 9.17) is 11.6 Å². The average molecular weight is 274 g/mol. The molecule has 1 saturated carbocycles. The van der Waals surface area contributed by atoms with Gasteiger partial charge in [-0.1, -0.05) is 18.9 Å². The maximum absolute atomic E-state index is 9.21. The molecule has 19 heavy (non-hydrogen) atoms. The van der Waals surface area contributed by atoms with Crippen LogP contribution in [0.15, 0.2) is 18.2 Å². The summed E-state index contributed by atoms with van der Waals surface area (Å²) < 4.78 is 2.27. The molecule has 1 aromatic carbocycles. The Morgan fingerprint density at radius 3 is 2.79 bits per heavy atom. The summed E-state index contributed by atoms with van der Waals surface area (Å²) in [6.07, 6.45) is 4.80. The second-order valence-corrected chi connectivity index (χ2v) is 5.75. The van der Waals surface area contributed by atoms with Gasteiger partial charge in [0.05, 0.1) is 17.0 Å². The molecule has 0 amide bonds. The second-order valence-electron chi connectivity index (χ2n) is 5.49. The predicted molar refractivity (Wildman–Crippen MR) is 76.1 cm³/mol. The standard InChI is InChI=1S/C15H16ClN3/c1-15(7-2-3-8-15)19-12-6-4-5-11(10-17)14(12)18-13(19)9-16/h4-6H,2-3,7-9H2,1H3. The molecule has 1 aliphatic rings. The summed E-state index contributed by atoms with van der Waals surface area (Å²) >= 11 is 6.07. The lowest BCUT2D eigenvalue weighted by atomic mass is 9.99. The van der Waals surface area contributed by atoms with Crippen molar-refractivity contribution < 1.29 is 0 Å². The van der Waals surface area contributed by atoms with Crippen molar-refractivity contribution in [1.29, 1.82) is 5.26 Å². The maximum Gasteiger partial charge on any atom is 0.125 e. The molecule has 0 spiro atoms. The summed E-state index contributed by atoms with van der Waals surface area (Å²) in [6, 6.07) is 8.00. The van der Waals surface area contributed by atoms with Crippen molar-refractivity contribution in [3.63, 3.8) is 0 Å². The van der Waals surface area contributed by atoms with E-state index in [1.165, 1.54) is 12.8 Å². The highest BCUT2D eigenvalue weighted by atomic mass is 35.5. The van der Waals surface area contributed by atoms with Gasteiger partial charge in [0.2, 0.25) is 0 Å². The van der Waals surface area contributed by atoms with E-state index in [0.717, 1.165) is 29.7 Å². The van der Waals surface area contributed by atoms with Gasteiger partial charge in [0, 0.05) is 5.54 Å². The molecule has 0 bridgehead atoms. The van der Waals surface area contributed by atoms with Crippen molar-refractivity contribution >= 4 is 22.6 Å². The van der Waals surface area contributed by atoms with Crippen LogP contribution in [0, 0.1) is 11.3 Å². The number of hydrogen-bond donors (Lipinski definition) is 0. The number of benzene rings is 1. The highest BCUT2D eigenvalue weighted by Gasteiger charge is 2.33. The van der Waals surface area contributed by atoms with Crippen LogP contribution in [0.25, 0.3) is 11.0 Å². The van der Waals surface area contributed by atoms with E-state index in [2.05, 4.69) is 22.5 Å². The van der Waals surface area contributed by atoms with Crippen LogP contribution < -0.4 is 0 Å². The Hall–Kier alpha value is -1.53. The molecule has 2 aromatic rings. The number of hydrogen-bond acceptors (Lipinski definition) is 2. The van der Waals surface area contributed by atoms with Crippen molar-refractivity contribution in [3.05, 3.63) is 29.6 Å². The number of para-hydroxylation sites is 1. The average Bonchev–Trinajstić information content (AvgIpc) is 3.02. The van der Waals surface area contributed by atoms with Crippen molar-refractivity contribution in [2.75, 3.05) is 0 Å². The van der Waals surface area contributed by atoms with Crippen molar-refractivity contribution in [3.8, 4) is 6.07 Å². The topological polar surface area (TPSA) is 41.6 Å². The lowest BCUT2D eigenvalue weighted by molar-refractivity contribution is 0.331. The summed E-state index contributed by atoms with van der Waals surface area (Å²) in [7, 11) is 0. The fourth-order valence-electron chi connectivity index (χ4n) is 3.29. The first kappa shape index (κ1) is 12.5. The number of nitrogens with zero attached hydrogens (tertiary/aromatic N) is 3. The van der Waals surface area contributed by atoms with Gasteiger partial charge in [0.15, 0.2) is 0 Å². The van der Waals surface area contributed by atoms with Gasteiger partial charge in [-0.15, -0.1) is 11.6 Å². The van der Waals surface area contributed by atoms with E-state index in [1.807, 2.05) is 18.2 Å². The van der Waals surface area contributed by atoms with E-state index in [9.17, 15) is 5.26 Å². The number of imidazole rings is 1. The first-order valence-corrected chi connectivity index (χ1v) is 7.20. The van der Waals surface area contributed by atoms with Gasteiger partial charge < -0.3 is 4.57 Å². The highest BCUT2D eigenvalue weighted by molar-refractivity contribution is 6.16. The highest BCUT2D eigenvalue weighted by Crippen LogP contribution is 2.40. The van der Waals surface area contributed by atoms with Crippen LogP contribution >= 0.6 is 11.6 Å². The van der Waals surface area contributed by atoms with Crippen molar-refractivity contribution in [1.82, 2.24) is 9.55 Å². The molecule has 98 valence electrons. The SMILES string of the molecule is CC1(n2c(CCl)nc3c(C#N)cccc32)CCCC1. The summed E-state index contributed by atoms with van der Waals surface area (Å²) in [5.41, 5.74) is 2.55. The van der Waals surface area contributed by atoms with E-state index in [-0.39, 0.29) is 5.54 Å². The van der Waals surface area contributed by atoms with Crippen LogP contribution in [-0.2, 0) is 11.4 Å². The zero-order valence-corrected chi connectivity index (χ0v) is 11.7. The monoisotopic (exact) mass is 273 g/mol. The van der Waals surface area contributed by atoms with E-state index < -0.39 is 0 Å². The minimum absolute atomic E-state index is 0.0903. The van der Waals surface area contributed by atoms with Gasteiger partial charge in [-0.25, -0.2) is 4.98 Å². The van der Waals surface area contributed by atoms with Crippen molar-refractivity contribution in [2.24, 2.45) is 0 Å². The molecular weight excluding hydrogens is 258 g/mol. The lowest BCUT2D eigenvalue weighted by Gasteiger charge is -2.28. The molecule has 1 heterocycles. The van der Waals surface area contributed by atoms with E-state index in [1.54, 1.807) is 0 Å². The molecule has 4 heteroatoms. The Morgan fingerprint density at radius 1 is 1.42 bits per heavy atom. The fraction of sp³-hybridized carbons (Fsp3) is 0.467. The van der Waals surface area contributed by atoms with Crippen LogP contribution in [0.5, 0.6) is 0 Å². The zero-order valence-electron chi connectivity index (χ0n) is 11.0. The van der Waals surface area contributed by atoms with E-state index >= 15 is 0 Å². The third-order valence-electron chi connectivity index (χ3n) is 4.22. The third-order valence-corrected chi connectivity index (χ3v) is 4.45. The quantitative estimate of drug-likeness (QED) is 0.778. The lowest BCUT2D eigenvalue weighted by Crippen LogP contribution is -2.27. The molecule has 1 aliphatic carbocycles. The Balaban J connectivity index is 2.31. The molecule has 0 radical (unpaired) electrons.